The SMILES string of the molecule is N#Cc1cccc(-c2csc(CC3CCCO3)n2)c1. The number of aromatic nitrogens is 1. The Morgan fingerprint density at radius 2 is 2.42 bits per heavy atom. The van der Waals surface area contributed by atoms with Crippen molar-refractivity contribution in [2.75, 3.05) is 6.61 Å². The van der Waals surface area contributed by atoms with Crippen molar-refractivity contribution in [3.8, 4) is 17.3 Å². The maximum Gasteiger partial charge on any atom is 0.0991 e. The molecule has 3 nitrogen and oxygen atoms in total. The summed E-state index contributed by atoms with van der Waals surface area (Å²) in [6.45, 7) is 0.882. The molecule has 0 radical (unpaired) electrons. The zero-order chi connectivity index (χ0) is 13.1. The smallest absolute Gasteiger partial charge is 0.0991 e. The lowest BCUT2D eigenvalue weighted by Gasteiger charge is -2.05. The van der Waals surface area contributed by atoms with E-state index in [4.69, 9.17) is 10.00 Å². The summed E-state index contributed by atoms with van der Waals surface area (Å²) in [5.41, 5.74) is 2.63. The molecule has 1 aromatic carbocycles. The van der Waals surface area contributed by atoms with Crippen molar-refractivity contribution in [1.29, 1.82) is 5.26 Å². The minimum atomic E-state index is 0.337. The lowest BCUT2D eigenvalue weighted by Crippen LogP contribution is -2.08. The van der Waals surface area contributed by atoms with Crippen LogP contribution in [0.25, 0.3) is 11.3 Å². The summed E-state index contributed by atoms with van der Waals surface area (Å²) in [7, 11) is 0. The van der Waals surface area contributed by atoms with E-state index in [0.29, 0.717) is 11.7 Å². The van der Waals surface area contributed by atoms with E-state index in [9.17, 15) is 0 Å². The molecule has 1 aromatic heterocycles. The average molecular weight is 270 g/mol. The molecule has 96 valence electrons. The van der Waals surface area contributed by atoms with Gasteiger partial charge in [0.25, 0.3) is 0 Å². The molecule has 2 aromatic rings. The highest BCUT2D eigenvalue weighted by Crippen LogP contribution is 2.25. The number of rotatable bonds is 3. The molecule has 1 atom stereocenters. The molecule has 0 amide bonds. The molecule has 0 bridgehead atoms. The van der Waals surface area contributed by atoms with Crippen molar-refractivity contribution in [2.24, 2.45) is 0 Å². The number of nitrogens with zero attached hydrogens (tertiary/aromatic N) is 2. The molecule has 2 heterocycles. The third kappa shape index (κ3) is 2.83. The predicted octanol–water partition coefficient (Wildman–Crippen LogP) is 3.40. The molecule has 4 heteroatoms. The largest absolute Gasteiger partial charge is 0.378 e. The van der Waals surface area contributed by atoms with Crippen LogP contribution in [-0.2, 0) is 11.2 Å². The van der Waals surface area contributed by atoms with Crippen LogP contribution in [0.1, 0.15) is 23.4 Å². The van der Waals surface area contributed by atoms with Gasteiger partial charge in [0.15, 0.2) is 0 Å². The highest BCUT2D eigenvalue weighted by molar-refractivity contribution is 7.09. The number of ether oxygens (including phenoxy) is 1. The van der Waals surface area contributed by atoms with Gasteiger partial charge >= 0.3 is 0 Å². The molecule has 0 spiro atoms. The van der Waals surface area contributed by atoms with Crippen molar-refractivity contribution in [3.05, 3.63) is 40.2 Å². The van der Waals surface area contributed by atoms with Gasteiger partial charge in [-0.2, -0.15) is 5.26 Å². The second-order valence-corrected chi connectivity index (χ2v) is 5.60. The zero-order valence-electron chi connectivity index (χ0n) is 10.5. The summed E-state index contributed by atoms with van der Waals surface area (Å²) in [6.07, 6.45) is 3.54. The van der Waals surface area contributed by atoms with Crippen LogP contribution in [0.5, 0.6) is 0 Å². The van der Waals surface area contributed by atoms with Gasteiger partial charge in [-0.05, 0) is 25.0 Å². The Hall–Kier alpha value is -1.70. The lowest BCUT2D eigenvalue weighted by atomic mass is 10.1. The first-order chi connectivity index (χ1) is 9.35. The van der Waals surface area contributed by atoms with Crippen LogP contribution in [-0.4, -0.2) is 17.7 Å². The topological polar surface area (TPSA) is 45.9 Å². The van der Waals surface area contributed by atoms with Crippen LogP contribution in [0.4, 0.5) is 0 Å². The van der Waals surface area contributed by atoms with E-state index in [-0.39, 0.29) is 0 Å². The molecule has 19 heavy (non-hydrogen) atoms. The van der Waals surface area contributed by atoms with Gasteiger partial charge in [-0.1, -0.05) is 12.1 Å². The van der Waals surface area contributed by atoms with Crippen molar-refractivity contribution < 1.29 is 4.74 Å². The van der Waals surface area contributed by atoms with Crippen molar-refractivity contribution in [2.45, 2.75) is 25.4 Å². The van der Waals surface area contributed by atoms with Gasteiger partial charge in [-0.3, -0.25) is 0 Å². The zero-order valence-corrected chi connectivity index (χ0v) is 11.3. The van der Waals surface area contributed by atoms with E-state index < -0.39 is 0 Å². The third-order valence-electron chi connectivity index (χ3n) is 3.27. The van der Waals surface area contributed by atoms with Gasteiger partial charge in [0.1, 0.15) is 0 Å². The minimum Gasteiger partial charge on any atom is -0.378 e. The molecule has 0 aliphatic carbocycles. The van der Waals surface area contributed by atoms with Gasteiger partial charge in [-0.15, -0.1) is 11.3 Å². The van der Waals surface area contributed by atoms with E-state index in [0.717, 1.165) is 42.1 Å². The standard InChI is InChI=1S/C15H14N2OS/c16-9-11-3-1-4-12(7-11)14-10-19-15(17-14)8-13-5-2-6-18-13/h1,3-4,7,10,13H,2,5-6,8H2. The molecule has 1 saturated heterocycles. The summed E-state index contributed by atoms with van der Waals surface area (Å²) in [5, 5.41) is 12.1. The Balaban J connectivity index is 1.78. The van der Waals surface area contributed by atoms with Gasteiger partial charge < -0.3 is 4.74 Å². The summed E-state index contributed by atoms with van der Waals surface area (Å²) >= 11 is 1.67. The lowest BCUT2D eigenvalue weighted by molar-refractivity contribution is 0.111. The van der Waals surface area contributed by atoms with Gasteiger partial charge in [0.05, 0.1) is 28.4 Å². The average Bonchev–Trinajstić information content (AvgIpc) is 3.11. The Labute approximate surface area is 116 Å². The molecular formula is C15H14N2OS. The van der Waals surface area contributed by atoms with Crippen molar-refractivity contribution >= 4 is 11.3 Å². The summed E-state index contributed by atoms with van der Waals surface area (Å²) in [6, 6.07) is 9.73. The van der Waals surface area contributed by atoms with Crippen LogP contribution in [0.15, 0.2) is 29.6 Å². The highest BCUT2D eigenvalue weighted by atomic mass is 32.1. The van der Waals surface area contributed by atoms with Crippen LogP contribution < -0.4 is 0 Å². The highest BCUT2D eigenvalue weighted by Gasteiger charge is 2.17. The third-order valence-corrected chi connectivity index (χ3v) is 4.14. The molecule has 3 rings (SSSR count). The first-order valence-electron chi connectivity index (χ1n) is 6.42. The second kappa shape index (κ2) is 5.52. The summed E-state index contributed by atoms with van der Waals surface area (Å²) < 4.78 is 5.63. The van der Waals surface area contributed by atoms with Crippen LogP contribution in [0.3, 0.4) is 0 Å². The van der Waals surface area contributed by atoms with E-state index in [2.05, 4.69) is 16.4 Å². The fraction of sp³-hybridized carbons (Fsp3) is 0.333. The van der Waals surface area contributed by atoms with E-state index in [1.54, 1.807) is 11.3 Å². The van der Waals surface area contributed by atoms with Crippen molar-refractivity contribution in [1.82, 2.24) is 4.98 Å². The van der Waals surface area contributed by atoms with E-state index in [1.165, 1.54) is 0 Å². The Morgan fingerprint density at radius 1 is 1.47 bits per heavy atom. The first-order valence-corrected chi connectivity index (χ1v) is 7.29. The molecule has 1 aliphatic heterocycles. The molecule has 1 fully saturated rings. The van der Waals surface area contributed by atoms with Crippen LogP contribution in [0, 0.1) is 11.3 Å². The van der Waals surface area contributed by atoms with Crippen molar-refractivity contribution in [3.63, 3.8) is 0 Å². The molecule has 0 N–H and O–H groups in total. The summed E-state index contributed by atoms with van der Waals surface area (Å²) in [4.78, 5) is 4.65. The van der Waals surface area contributed by atoms with E-state index >= 15 is 0 Å². The fourth-order valence-electron chi connectivity index (χ4n) is 2.29. The van der Waals surface area contributed by atoms with E-state index in [1.807, 2.05) is 24.3 Å². The molecule has 1 aliphatic rings. The van der Waals surface area contributed by atoms with Crippen LogP contribution in [0.2, 0.25) is 0 Å². The normalized spacial score (nSPS) is 18.4. The Morgan fingerprint density at radius 3 is 3.21 bits per heavy atom. The second-order valence-electron chi connectivity index (χ2n) is 4.66. The number of nitriles is 1. The molecular weight excluding hydrogens is 256 g/mol. The Kier molecular flexibility index (Phi) is 3.58. The number of thiazole rings is 1. The van der Waals surface area contributed by atoms with Gasteiger partial charge in [0, 0.05) is 24.0 Å². The quantitative estimate of drug-likeness (QED) is 0.858. The summed E-state index contributed by atoms with van der Waals surface area (Å²) in [5.74, 6) is 0. The Bertz CT molecular complexity index is 609. The molecule has 1 unspecified atom stereocenters. The fourth-order valence-corrected chi connectivity index (χ4v) is 3.16. The number of benzene rings is 1. The molecule has 0 saturated carbocycles. The predicted molar refractivity (Wildman–Crippen MR) is 74.9 cm³/mol. The van der Waals surface area contributed by atoms with Gasteiger partial charge in [-0.25, -0.2) is 4.98 Å². The maximum absolute atomic E-state index is 8.92. The first kappa shape index (κ1) is 12.3. The minimum absolute atomic E-state index is 0.337. The van der Waals surface area contributed by atoms with Crippen LogP contribution >= 0.6 is 11.3 Å². The van der Waals surface area contributed by atoms with Gasteiger partial charge in [0.2, 0.25) is 0 Å². The monoisotopic (exact) mass is 270 g/mol. The maximum atomic E-state index is 8.92. The number of hydrogen-bond donors (Lipinski definition) is 0. The number of hydrogen-bond acceptors (Lipinski definition) is 4.